The highest BCUT2D eigenvalue weighted by Gasteiger charge is 2.11. The lowest BCUT2D eigenvalue weighted by molar-refractivity contribution is -0.143. The molecule has 0 bridgehead atoms. The van der Waals surface area contributed by atoms with Gasteiger partial charge in [-0.15, -0.1) is 0 Å². The number of rotatable bonds is 20. The Bertz CT molecular complexity index is 1180. The second-order valence-corrected chi connectivity index (χ2v) is 10.6. The maximum Gasteiger partial charge on any atom is 0.337 e. The van der Waals surface area contributed by atoms with Gasteiger partial charge in [-0.25, -0.2) is 4.79 Å². The molecule has 3 rings (SSSR count). The van der Waals surface area contributed by atoms with Crippen LogP contribution in [0, 0.1) is 0 Å². The molecule has 0 aromatic heterocycles. The first-order valence-electron chi connectivity index (χ1n) is 15.4. The van der Waals surface area contributed by atoms with Gasteiger partial charge < -0.3 is 14.2 Å². The minimum absolute atomic E-state index is 0.118. The summed E-state index contributed by atoms with van der Waals surface area (Å²) in [5, 5.41) is 0. The third-order valence-electron chi connectivity index (χ3n) is 7.32. The smallest absolute Gasteiger partial charge is 0.337 e. The van der Waals surface area contributed by atoms with Crippen LogP contribution in [0.25, 0.3) is 0 Å². The van der Waals surface area contributed by atoms with Crippen LogP contribution >= 0.6 is 0 Å². The van der Waals surface area contributed by atoms with Crippen LogP contribution in [0.1, 0.15) is 78.9 Å². The van der Waals surface area contributed by atoms with E-state index in [4.69, 9.17) is 14.2 Å². The number of aryl methyl sites for hydroxylation is 1. The fourth-order valence-electron chi connectivity index (χ4n) is 4.97. The fraction of sp³-hybridized carbons (Fsp3) is 0.444. The van der Waals surface area contributed by atoms with Gasteiger partial charge in [0.15, 0.2) is 0 Å². The van der Waals surface area contributed by atoms with E-state index in [1.54, 1.807) is 0 Å². The Morgan fingerprint density at radius 1 is 0.714 bits per heavy atom. The van der Waals surface area contributed by atoms with Crippen LogP contribution in [-0.2, 0) is 33.7 Å². The summed E-state index contributed by atoms with van der Waals surface area (Å²) < 4.78 is 16.1. The van der Waals surface area contributed by atoms with Gasteiger partial charge >= 0.3 is 11.9 Å². The Morgan fingerprint density at radius 2 is 1.45 bits per heavy atom. The van der Waals surface area contributed by atoms with Crippen molar-refractivity contribution in [2.24, 2.45) is 0 Å². The first kappa shape index (κ1) is 32.9. The number of unbranched alkanes of at least 4 members (excludes halogenated alkanes) is 4. The number of benzene rings is 3. The first-order valence-corrected chi connectivity index (χ1v) is 15.4. The Balaban J connectivity index is 1.50. The topological polar surface area (TPSA) is 65.1 Å². The Morgan fingerprint density at radius 3 is 2.21 bits per heavy atom. The van der Waals surface area contributed by atoms with Crippen molar-refractivity contribution in [2.75, 3.05) is 33.4 Å². The minimum atomic E-state index is -0.326. The number of nitrogens with zero attached hydrogens (tertiary/aromatic N) is 1. The summed E-state index contributed by atoms with van der Waals surface area (Å²) in [6.07, 6.45) is 8.64. The van der Waals surface area contributed by atoms with Crippen LogP contribution in [0.5, 0.6) is 5.75 Å². The number of para-hydroxylation sites is 1. The number of ether oxygens (including phenoxy) is 3. The number of hydrogen-bond donors (Lipinski definition) is 0. The van der Waals surface area contributed by atoms with E-state index in [0.29, 0.717) is 18.6 Å². The molecular formula is C36H47NO5. The maximum atomic E-state index is 11.8. The lowest BCUT2D eigenvalue weighted by Crippen LogP contribution is -2.27. The largest absolute Gasteiger partial charge is 0.493 e. The molecule has 42 heavy (non-hydrogen) atoms. The molecule has 226 valence electrons. The molecule has 0 spiro atoms. The molecule has 6 nitrogen and oxygen atoms in total. The molecule has 0 saturated heterocycles. The zero-order valence-electron chi connectivity index (χ0n) is 25.4. The summed E-state index contributed by atoms with van der Waals surface area (Å²) in [5.41, 5.74) is 4.31. The molecule has 0 amide bonds. The number of carbonyl (C=O) groups excluding carboxylic acids is 2. The lowest BCUT2D eigenvalue weighted by Gasteiger charge is -2.23. The molecule has 0 aliphatic heterocycles. The Labute approximate surface area is 252 Å². The molecule has 0 N–H and O–H groups in total. The number of esters is 2. The highest BCUT2D eigenvalue weighted by atomic mass is 16.5. The predicted octanol–water partition coefficient (Wildman–Crippen LogP) is 7.43. The fourth-order valence-corrected chi connectivity index (χ4v) is 4.97. The second kappa shape index (κ2) is 19.5. The average molecular weight is 574 g/mol. The van der Waals surface area contributed by atoms with Crippen molar-refractivity contribution < 1.29 is 23.8 Å². The van der Waals surface area contributed by atoms with E-state index in [9.17, 15) is 9.59 Å². The molecular weight excluding hydrogens is 526 g/mol. The Hall–Kier alpha value is -3.64. The van der Waals surface area contributed by atoms with E-state index >= 15 is 0 Å². The van der Waals surface area contributed by atoms with Gasteiger partial charge in [0.2, 0.25) is 0 Å². The molecule has 0 radical (unpaired) electrons. The molecule has 0 atom stereocenters. The summed E-state index contributed by atoms with van der Waals surface area (Å²) in [4.78, 5) is 26.0. The van der Waals surface area contributed by atoms with Gasteiger partial charge in [-0.3, -0.25) is 9.69 Å². The van der Waals surface area contributed by atoms with Gasteiger partial charge in [-0.05, 0) is 93.3 Å². The first-order chi connectivity index (χ1) is 20.6. The van der Waals surface area contributed by atoms with Gasteiger partial charge in [-0.2, -0.15) is 0 Å². The van der Waals surface area contributed by atoms with E-state index in [-0.39, 0.29) is 11.9 Å². The van der Waals surface area contributed by atoms with Crippen molar-refractivity contribution in [1.29, 1.82) is 0 Å². The lowest BCUT2D eigenvalue weighted by atomic mass is 10.1. The highest BCUT2D eigenvalue weighted by Crippen LogP contribution is 2.20. The molecule has 3 aromatic carbocycles. The second-order valence-electron chi connectivity index (χ2n) is 10.6. The van der Waals surface area contributed by atoms with E-state index < -0.39 is 0 Å². The van der Waals surface area contributed by atoms with Crippen molar-refractivity contribution in [3.05, 3.63) is 101 Å². The van der Waals surface area contributed by atoms with Gasteiger partial charge in [0.25, 0.3) is 0 Å². The summed E-state index contributed by atoms with van der Waals surface area (Å²) >= 11 is 0. The Kier molecular flexibility index (Phi) is 15.2. The van der Waals surface area contributed by atoms with Crippen LogP contribution < -0.4 is 4.74 Å². The molecule has 0 fully saturated rings. The zero-order valence-corrected chi connectivity index (χ0v) is 25.4. The quantitative estimate of drug-likeness (QED) is 0.103. The normalized spacial score (nSPS) is 10.9. The summed E-state index contributed by atoms with van der Waals surface area (Å²) in [5.74, 6) is 0.526. The molecule has 0 aliphatic carbocycles. The number of methoxy groups -OCH3 is 1. The zero-order chi connectivity index (χ0) is 29.8. The van der Waals surface area contributed by atoms with Crippen LogP contribution in [0.3, 0.4) is 0 Å². The highest BCUT2D eigenvalue weighted by molar-refractivity contribution is 5.89. The SMILES string of the molecule is CCOC(=O)CCCCCN(CCc1ccccc1OCCCCCc1ccccc1)Cc1ccc(C(=O)OC)cc1. The minimum Gasteiger partial charge on any atom is -0.493 e. The predicted molar refractivity (Wildman–Crippen MR) is 168 cm³/mol. The van der Waals surface area contributed by atoms with E-state index in [0.717, 1.165) is 82.5 Å². The molecule has 0 unspecified atom stereocenters. The molecule has 6 heteroatoms. The van der Waals surface area contributed by atoms with E-state index in [1.165, 1.54) is 24.7 Å². The average Bonchev–Trinajstić information content (AvgIpc) is 3.02. The van der Waals surface area contributed by atoms with E-state index in [2.05, 4.69) is 53.4 Å². The summed E-state index contributed by atoms with van der Waals surface area (Å²) in [6, 6.07) is 26.6. The third-order valence-corrected chi connectivity index (χ3v) is 7.32. The van der Waals surface area contributed by atoms with Crippen molar-refractivity contribution in [3.8, 4) is 5.75 Å². The number of carbonyl (C=O) groups is 2. The molecule has 0 heterocycles. The van der Waals surface area contributed by atoms with Gasteiger partial charge in [0.05, 0.1) is 25.9 Å². The van der Waals surface area contributed by atoms with Crippen molar-refractivity contribution in [3.63, 3.8) is 0 Å². The summed E-state index contributed by atoms with van der Waals surface area (Å²) in [7, 11) is 1.40. The van der Waals surface area contributed by atoms with Crippen LogP contribution in [0.2, 0.25) is 0 Å². The third kappa shape index (κ3) is 12.5. The van der Waals surface area contributed by atoms with Crippen molar-refractivity contribution in [2.45, 2.75) is 71.3 Å². The number of hydrogen-bond acceptors (Lipinski definition) is 6. The van der Waals surface area contributed by atoms with Gasteiger partial charge in [-0.1, -0.05) is 67.1 Å². The summed E-state index contributed by atoms with van der Waals surface area (Å²) in [6.45, 7) is 5.58. The maximum absolute atomic E-state index is 11.8. The van der Waals surface area contributed by atoms with Crippen molar-refractivity contribution >= 4 is 11.9 Å². The molecule has 0 aliphatic rings. The van der Waals surface area contributed by atoms with Gasteiger partial charge in [0.1, 0.15) is 5.75 Å². The molecule has 0 saturated carbocycles. The monoisotopic (exact) mass is 573 g/mol. The van der Waals surface area contributed by atoms with Gasteiger partial charge in [0, 0.05) is 19.5 Å². The van der Waals surface area contributed by atoms with Crippen molar-refractivity contribution in [1.82, 2.24) is 4.90 Å². The van der Waals surface area contributed by atoms with Crippen LogP contribution in [-0.4, -0.2) is 50.3 Å². The van der Waals surface area contributed by atoms with Crippen LogP contribution in [0.4, 0.5) is 0 Å². The van der Waals surface area contributed by atoms with E-state index in [1.807, 2.05) is 37.3 Å². The molecule has 3 aromatic rings. The van der Waals surface area contributed by atoms with Crippen LogP contribution in [0.15, 0.2) is 78.9 Å². The standard InChI is InChI=1S/C36H47NO5/c1-3-41-35(38)20-10-5-13-26-37(29-31-21-23-33(24-22-31)36(39)40-2)27-25-32-18-11-12-19-34(32)42-28-14-6-9-17-30-15-7-4-8-16-30/h4,7-8,11-12,15-16,18-19,21-24H,3,5-6,9-10,13-14,17,20,25-29H2,1-2H3.